The SMILES string of the molecule is NCc1cc(-n2cc(Cl)cn2)ccn1. The first-order valence-corrected chi connectivity index (χ1v) is 4.53. The van der Waals surface area contributed by atoms with Crippen molar-refractivity contribution in [2.45, 2.75) is 6.54 Å². The molecule has 0 bridgehead atoms. The van der Waals surface area contributed by atoms with Gasteiger partial charge in [0.15, 0.2) is 0 Å². The van der Waals surface area contributed by atoms with Crippen LogP contribution in [0.4, 0.5) is 0 Å². The number of halogens is 1. The second-order valence-electron chi connectivity index (χ2n) is 2.81. The van der Waals surface area contributed by atoms with Gasteiger partial charge >= 0.3 is 0 Å². The lowest BCUT2D eigenvalue weighted by Crippen LogP contribution is -2.02. The minimum absolute atomic E-state index is 0.419. The van der Waals surface area contributed by atoms with Crippen molar-refractivity contribution in [1.82, 2.24) is 14.8 Å². The average Bonchev–Trinajstić information content (AvgIpc) is 2.65. The lowest BCUT2D eigenvalue weighted by molar-refractivity contribution is 0.867. The quantitative estimate of drug-likeness (QED) is 0.811. The molecule has 72 valence electrons. The highest BCUT2D eigenvalue weighted by Crippen LogP contribution is 2.11. The fourth-order valence-corrected chi connectivity index (χ4v) is 1.30. The molecule has 0 fully saturated rings. The number of pyridine rings is 1. The molecule has 14 heavy (non-hydrogen) atoms. The van der Waals surface area contributed by atoms with E-state index in [1.165, 1.54) is 0 Å². The minimum Gasteiger partial charge on any atom is -0.325 e. The maximum absolute atomic E-state index is 5.76. The van der Waals surface area contributed by atoms with E-state index in [1.807, 2.05) is 12.1 Å². The smallest absolute Gasteiger partial charge is 0.0790 e. The maximum atomic E-state index is 5.76. The summed E-state index contributed by atoms with van der Waals surface area (Å²) in [6.07, 6.45) is 5.02. The molecule has 4 nitrogen and oxygen atoms in total. The minimum atomic E-state index is 0.419. The molecule has 0 saturated heterocycles. The predicted molar refractivity (Wildman–Crippen MR) is 54.3 cm³/mol. The largest absolute Gasteiger partial charge is 0.325 e. The summed E-state index contributed by atoms with van der Waals surface area (Å²) in [5.41, 5.74) is 7.22. The molecule has 0 aromatic carbocycles. The molecule has 0 aliphatic rings. The van der Waals surface area contributed by atoms with Crippen LogP contribution in [0.3, 0.4) is 0 Å². The molecule has 2 heterocycles. The van der Waals surface area contributed by atoms with Crippen LogP contribution in [0, 0.1) is 0 Å². The Hall–Kier alpha value is -1.39. The second kappa shape index (κ2) is 3.77. The zero-order valence-electron chi connectivity index (χ0n) is 7.39. The van der Waals surface area contributed by atoms with E-state index in [0.717, 1.165) is 11.4 Å². The Morgan fingerprint density at radius 2 is 2.36 bits per heavy atom. The van der Waals surface area contributed by atoms with Gasteiger partial charge in [-0.3, -0.25) is 4.98 Å². The van der Waals surface area contributed by atoms with Crippen molar-refractivity contribution in [2.24, 2.45) is 5.73 Å². The highest BCUT2D eigenvalue weighted by Gasteiger charge is 2.00. The molecule has 0 unspecified atom stereocenters. The number of rotatable bonds is 2. The van der Waals surface area contributed by atoms with Crippen molar-refractivity contribution >= 4 is 11.6 Å². The molecule has 0 radical (unpaired) electrons. The number of nitrogens with two attached hydrogens (primary N) is 1. The molecule has 5 heteroatoms. The summed E-state index contributed by atoms with van der Waals surface area (Å²) in [6.45, 7) is 0.419. The van der Waals surface area contributed by atoms with Gasteiger partial charge in [-0.05, 0) is 12.1 Å². The Bertz CT molecular complexity index is 438. The molecule has 0 saturated carbocycles. The standard InChI is InChI=1S/C9H9ClN4/c10-7-5-13-14(6-7)9-1-2-12-8(3-9)4-11/h1-3,5-6H,4,11H2. The van der Waals surface area contributed by atoms with Crippen LogP contribution >= 0.6 is 11.6 Å². The predicted octanol–water partition coefficient (Wildman–Crippen LogP) is 1.38. The summed E-state index contributed by atoms with van der Waals surface area (Å²) in [5.74, 6) is 0. The summed E-state index contributed by atoms with van der Waals surface area (Å²) in [6, 6.07) is 3.73. The molecule has 2 N–H and O–H groups in total. The van der Waals surface area contributed by atoms with Gasteiger partial charge in [0.05, 0.1) is 22.6 Å². The van der Waals surface area contributed by atoms with E-state index in [2.05, 4.69) is 10.1 Å². The molecule has 2 rings (SSSR count). The third-order valence-electron chi connectivity index (χ3n) is 1.82. The zero-order valence-corrected chi connectivity index (χ0v) is 8.15. The summed E-state index contributed by atoms with van der Waals surface area (Å²) >= 11 is 5.76. The van der Waals surface area contributed by atoms with Gasteiger partial charge in [0.1, 0.15) is 0 Å². The maximum Gasteiger partial charge on any atom is 0.0790 e. The lowest BCUT2D eigenvalue weighted by atomic mass is 10.3. The number of aromatic nitrogens is 3. The molecular weight excluding hydrogens is 200 g/mol. The van der Waals surface area contributed by atoms with Crippen LogP contribution < -0.4 is 5.73 Å². The van der Waals surface area contributed by atoms with Gasteiger partial charge < -0.3 is 5.73 Å². The first kappa shape index (κ1) is 9.18. The molecule has 0 amide bonds. The van der Waals surface area contributed by atoms with Crippen molar-refractivity contribution in [1.29, 1.82) is 0 Å². The zero-order chi connectivity index (χ0) is 9.97. The number of nitrogens with zero attached hydrogens (tertiary/aromatic N) is 3. The van der Waals surface area contributed by atoms with Gasteiger partial charge in [-0.15, -0.1) is 0 Å². The van der Waals surface area contributed by atoms with Crippen molar-refractivity contribution in [3.05, 3.63) is 41.4 Å². The van der Waals surface area contributed by atoms with Crippen molar-refractivity contribution in [2.75, 3.05) is 0 Å². The van der Waals surface area contributed by atoms with Crippen molar-refractivity contribution < 1.29 is 0 Å². The van der Waals surface area contributed by atoms with Crippen molar-refractivity contribution in [3.63, 3.8) is 0 Å². The molecule has 0 atom stereocenters. The van der Waals surface area contributed by atoms with Gasteiger partial charge in [0.2, 0.25) is 0 Å². The monoisotopic (exact) mass is 208 g/mol. The Kier molecular flexibility index (Phi) is 2.47. The van der Waals surface area contributed by atoms with E-state index >= 15 is 0 Å². The molecule has 0 aliphatic heterocycles. The molecular formula is C9H9ClN4. The van der Waals surface area contributed by atoms with Gasteiger partial charge in [-0.1, -0.05) is 11.6 Å². The van der Waals surface area contributed by atoms with E-state index in [4.69, 9.17) is 17.3 Å². The summed E-state index contributed by atoms with van der Waals surface area (Å²) in [4.78, 5) is 4.09. The molecule has 2 aromatic rings. The highest BCUT2D eigenvalue weighted by molar-refractivity contribution is 6.30. The average molecular weight is 209 g/mol. The third kappa shape index (κ3) is 1.76. The Labute approximate surface area is 86.3 Å². The van der Waals surface area contributed by atoms with E-state index in [-0.39, 0.29) is 0 Å². The number of hydrogen-bond donors (Lipinski definition) is 1. The fourth-order valence-electron chi connectivity index (χ4n) is 1.16. The number of hydrogen-bond acceptors (Lipinski definition) is 3. The normalized spacial score (nSPS) is 10.4. The van der Waals surface area contributed by atoms with Crippen LogP contribution in [-0.2, 0) is 6.54 Å². The van der Waals surface area contributed by atoms with Gasteiger partial charge in [-0.2, -0.15) is 5.10 Å². The van der Waals surface area contributed by atoms with Crippen LogP contribution in [0.15, 0.2) is 30.7 Å². The van der Waals surface area contributed by atoms with Gasteiger partial charge in [-0.25, -0.2) is 4.68 Å². The Morgan fingerprint density at radius 3 is 3.00 bits per heavy atom. The molecule has 0 spiro atoms. The molecule has 0 aliphatic carbocycles. The summed E-state index contributed by atoms with van der Waals surface area (Å²) < 4.78 is 1.68. The molecule has 2 aromatic heterocycles. The fraction of sp³-hybridized carbons (Fsp3) is 0.111. The van der Waals surface area contributed by atoms with E-state index < -0.39 is 0 Å². The summed E-state index contributed by atoms with van der Waals surface area (Å²) in [7, 11) is 0. The van der Waals surface area contributed by atoms with Crippen LogP contribution in [0.1, 0.15) is 5.69 Å². The van der Waals surface area contributed by atoms with Crippen LogP contribution in [0.5, 0.6) is 0 Å². The Morgan fingerprint density at radius 1 is 1.50 bits per heavy atom. The topological polar surface area (TPSA) is 56.7 Å². The first-order valence-electron chi connectivity index (χ1n) is 4.15. The van der Waals surface area contributed by atoms with E-state index in [1.54, 1.807) is 23.3 Å². The highest BCUT2D eigenvalue weighted by atomic mass is 35.5. The van der Waals surface area contributed by atoms with Crippen LogP contribution in [-0.4, -0.2) is 14.8 Å². The second-order valence-corrected chi connectivity index (χ2v) is 3.25. The summed E-state index contributed by atoms with van der Waals surface area (Å²) in [5, 5.41) is 4.69. The van der Waals surface area contributed by atoms with E-state index in [9.17, 15) is 0 Å². The van der Waals surface area contributed by atoms with Gasteiger partial charge in [0, 0.05) is 18.9 Å². The van der Waals surface area contributed by atoms with Gasteiger partial charge in [0.25, 0.3) is 0 Å². The third-order valence-corrected chi connectivity index (χ3v) is 2.02. The Balaban J connectivity index is 2.41. The van der Waals surface area contributed by atoms with Crippen LogP contribution in [0.25, 0.3) is 5.69 Å². The lowest BCUT2D eigenvalue weighted by Gasteiger charge is -2.01. The van der Waals surface area contributed by atoms with Crippen molar-refractivity contribution in [3.8, 4) is 5.69 Å². The van der Waals surface area contributed by atoms with Crippen LogP contribution in [0.2, 0.25) is 5.02 Å². The first-order chi connectivity index (χ1) is 6.79. The van der Waals surface area contributed by atoms with E-state index in [0.29, 0.717) is 11.6 Å².